The zero-order valence-corrected chi connectivity index (χ0v) is 15.9. The zero-order chi connectivity index (χ0) is 20.8. The number of aryl methyl sites for hydroxylation is 1. The minimum absolute atomic E-state index is 0.00310. The molecule has 0 unspecified atom stereocenters. The lowest BCUT2D eigenvalue weighted by Crippen LogP contribution is -2.30. The standard InChI is InChI=1S/C20H14F3N3O2S/c1-11-18-17(14-7-2-3-8-15(14)29-18)19(28)26(25-11)10-16(27)24-13-6-4-5-12(9-13)20(21,22)23/h2-9H,10H2,1H3,(H,24,27). The first-order chi connectivity index (χ1) is 13.7. The lowest BCUT2D eigenvalue weighted by molar-refractivity contribution is -0.137. The molecule has 0 bridgehead atoms. The maximum absolute atomic E-state index is 12.9. The summed E-state index contributed by atoms with van der Waals surface area (Å²) in [6, 6.07) is 11.8. The van der Waals surface area contributed by atoms with Gasteiger partial charge in [0, 0.05) is 15.8 Å². The van der Waals surface area contributed by atoms with Crippen molar-refractivity contribution in [1.82, 2.24) is 9.78 Å². The Labute approximate surface area is 166 Å². The monoisotopic (exact) mass is 417 g/mol. The number of thiophene rings is 1. The summed E-state index contributed by atoms with van der Waals surface area (Å²) in [6.45, 7) is 1.34. The van der Waals surface area contributed by atoms with Gasteiger partial charge in [0.2, 0.25) is 5.91 Å². The zero-order valence-electron chi connectivity index (χ0n) is 15.1. The van der Waals surface area contributed by atoms with Crippen molar-refractivity contribution in [3.8, 4) is 0 Å². The van der Waals surface area contributed by atoms with Gasteiger partial charge in [0.15, 0.2) is 0 Å². The first kappa shape index (κ1) is 19.1. The quantitative estimate of drug-likeness (QED) is 0.531. The third-order valence-electron chi connectivity index (χ3n) is 4.41. The second kappa shape index (κ2) is 7.00. The van der Waals surface area contributed by atoms with Gasteiger partial charge in [0.05, 0.1) is 21.3 Å². The Morgan fingerprint density at radius 1 is 1.17 bits per heavy atom. The lowest BCUT2D eigenvalue weighted by atomic mass is 10.2. The van der Waals surface area contributed by atoms with E-state index in [1.807, 2.05) is 24.3 Å². The average Bonchev–Trinajstić information content (AvgIpc) is 3.06. The molecule has 0 saturated carbocycles. The van der Waals surface area contributed by atoms with E-state index in [4.69, 9.17) is 0 Å². The molecule has 29 heavy (non-hydrogen) atoms. The summed E-state index contributed by atoms with van der Waals surface area (Å²) in [4.78, 5) is 25.3. The molecule has 2 heterocycles. The van der Waals surface area contributed by atoms with Gasteiger partial charge in [-0.2, -0.15) is 18.3 Å². The molecule has 148 valence electrons. The van der Waals surface area contributed by atoms with Crippen molar-refractivity contribution in [3.63, 3.8) is 0 Å². The number of rotatable bonds is 3. The van der Waals surface area contributed by atoms with Crippen molar-refractivity contribution in [3.05, 3.63) is 70.1 Å². The number of carbonyl (C=O) groups excluding carboxylic acids is 1. The number of hydrogen-bond donors (Lipinski definition) is 1. The van der Waals surface area contributed by atoms with E-state index in [-0.39, 0.29) is 5.69 Å². The Morgan fingerprint density at radius 3 is 2.69 bits per heavy atom. The fourth-order valence-corrected chi connectivity index (χ4v) is 4.26. The van der Waals surface area contributed by atoms with Gasteiger partial charge in [-0.15, -0.1) is 11.3 Å². The largest absolute Gasteiger partial charge is 0.416 e. The van der Waals surface area contributed by atoms with Gasteiger partial charge in [-0.05, 0) is 31.2 Å². The van der Waals surface area contributed by atoms with E-state index < -0.39 is 29.8 Å². The first-order valence-corrected chi connectivity index (χ1v) is 9.42. The first-order valence-electron chi connectivity index (χ1n) is 8.60. The third-order valence-corrected chi connectivity index (χ3v) is 5.69. The summed E-state index contributed by atoms with van der Waals surface area (Å²) in [5.41, 5.74) is -0.681. The number of amides is 1. The fourth-order valence-electron chi connectivity index (χ4n) is 3.13. The Balaban J connectivity index is 1.66. The van der Waals surface area contributed by atoms with Crippen molar-refractivity contribution in [2.45, 2.75) is 19.6 Å². The number of anilines is 1. The number of benzene rings is 2. The summed E-state index contributed by atoms with van der Waals surface area (Å²) < 4.78 is 41.2. The summed E-state index contributed by atoms with van der Waals surface area (Å²) in [6.07, 6.45) is -4.51. The van der Waals surface area contributed by atoms with Crippen LogP contribution in [0.25, 0.3) is 20.2 Å². The van der Waals surface area contributed by atoms with Crippen LogP contribution in [-0.2, 0) is 17.5 Å². The lowest BCUT2D eigenvalue weighted by Gasteiger charge is -2.11. The normalized spacial score (nSPS) is 11.9. The molecule has 0 fully saturated rings. The molecule has 0 aliphatic rings. The molecular formula is C20H14F3N3O2S. The summed E-state index contributed by atoms with van der Waals surface area (Å²) >= 11 is 1.45. The van der Waals surface area contributed by atoms with Crippen molar-refractivity contribution in [2.75, 3.05) is 5.32 Å². The molecule has 4 aromatic rings. The van der Waals surface area contributed by atoms with E-state index in [0.29, 0.717) is 11.1 Å². The number of nitrogens with one attached hydrogen (secondary N) is 1. The highest BCUT2D eigenvalue weighted by Crippen LogP contribution is 2.33. The average molecular weight is 417 g/mol. The Kier molecular flexibility index (Phi) is 4.62. The molecular weight excluding hydrogens is 403 g/mol. The minimum atomic E-state index is -4.51. The SMILES string of the molecule is Cc1nn(CC(=O)Nc2cccc(C(F)(F)F)c2)c(=O)c2c1sc1ccccc12. The molecule has 5 nitrogen and oxygen atoms in total. The fraction of sp³-hybridized carbons (Fsp3) is 0.150. The van der Waals surface area contributed by atoms with Crippen LogP contribution in [0.2, 0.25) is 0 Å². The van der Waals surface area contributed by atoms with Crippen LogP contribution in [0.4, 0.5) is 18.9 Å². The van der Waals surface area contributed by atoms with Crippen molar-refractivity contribution < 1.29 is 18.0 Å². The molecule has 1 N–H and O–H groups in total. The van der Waals surface area contributed by atoms with Crippen LogP contribution in [-0.4, -0.2) is 15.7 Å². The van der Waals surface area contributed by atoms with E-state index in [1.54, 1.807) is 6.92 Å². The topological polar surface area (TPSA) is 64.0 Å². The summed E-state index contributed by atoms with van der Waals surface area (Å²) in [7, 11) is 0. The Bertz CT molecular complexity index is 1310. The smallest absolute Gasteiger partial charge is 0.324 e. The molecule has 1 amide bonds. The molecule has 0 aliphatic heterocycles. The molecule has 0 aliphatic carbocycles. The van der Waals surface area contributed by atoms with Crippen LogP contribution in [0, 0.1) is 6.92 Å². The molecule has 2 aromatic carbocycles. The molecule has 9 heteroatoms. The number of alkyl halides is 3. The van der Waals surface area contributed by atoms with Gasteiger partial charge in [-0.25, -0.2) is 4.68 Å². The predicted octanol–water partition coefficient (Wildman–Crippen LogP) is 4.58. The van der Waals surface area contributed by atoms with E-state index in [1.165, 1.54) is 23.5 Å². The number of fused-ring (bicyclic) bond motifs is 3. The molecule has 2 aromatic heterocycles. The van der Waals surface area contributed by atoms with Crippen molar-refractivity contribution in [2.24, 2.45) is 0 Å². The maximum Gasteiger partial charge on any atom is 0.416 e. The van der Waals surface area contributed by atoms with E-state index >= 15 is 0 Å². The van der Waals surface area contributed by atoms with E-state index in [9.17, 15) is 22.8 Å². The summed E-state index contributed by atoms with van der Waals surface area (Å²) in [5, 5.41) is 7.88. The number of hydrogen-bond acceptors (Lipinski definition) is 4. The number of aromatic nitrogens is 2. The maximum atomic E-state index is 12.9. The molecule has 4 rings (SSSR count). The van der Waals surface area contributed by atoms with E-state index in [0.717, 1.165) is 31.6 Å². The number of nitrogens with zero attached hydrogens (tertiary/aromatic N) is 2. The van der Waals surface area contributed by atoms with Crippen LogP contribution in [0.15, 0.2) is 53.3 Å². The second-order valence-electron chi connectivity index (χ2n) is 6.48. The van der Waals surface area contributed by atoms with Crippen LogP contribution < -0.4 is 10.9 Å². The summed E-state index contributed by atoms with van der Waals surface area (Å²) in [5.74, 6) is -0.641. The van der Waals surface area contributed by atoms with Crippen molar-refractivity contribution in [1.29, 1.82) is 0 Å². The van der Waals surface area contributed by atoms with Gasteiger partial charge < -0.3 is 5.32 Å². The van der Waals surface area contributed by atoms with Crippen LogP contribution in [0.1, 0.15) is 11.3 Å². The van der Waals surface area contributed by atoms with Crippen LogP contribution >= 0.6 is 11.3 Å². The van der Waals surface area contributed by atoms with Gasteiger partial charge in [-0.3, -0.25) is 9.59 Å². The number of halogens is 3. The molecule has 0 atom stereocenters. The van der Waals surface area contributed by atoms with E-state index in [2.05, 4.69) is 10.4 Å². The Morgan fingerprint density at radius 2 is 1.93 bits per heavy atom. The van der Waals surface area contributed by atoms with Gasteiger partial charge >= 0.3 is 6.18 Å². The highest BCUT2D eigenvalue weighted by Gasteiger charge is 2.30. The Hall–Kier alpha value is -3.20. The molecule has 0 saturated heterocycles. The predicted molar refractivity (Wildman–Crippen MR) is 106 cm³/mol. The van der Waals surface area contributed by atoms with Gasteiger partial charge in [0.1, 0.15) is 6.54 Å². The second-order valence-corrected chi connectivity index (χ2v) is 7.53. The molecule has 0 radical (unpaired) electrons. The van der Waals surface area contributed by atoms with Crippen LogP contribution in [0.5, 0.6) is 0 Å². The molecule has 0 spiro atoms. The minimum Gasteiger partial charge on any atom is -0.324 e. The van der Waals surface area contributed by atoms with Crippen molar-refractivity contribution >= 4 is 43.1 Å². The number of carbonyl (C=O) groups is 1. The highest BCUT2D eigenvalue weighted by molar-refractivity contribution is 7.26. The van der Waals surface area contributed by atoms with Gasteiger partial charge in [-0.1, -0.05) is 24.3 Å². The third kappa shape index (κ3) is 3.61. The van der Waals surface area contributed by atoms with Gasteiger partial charge in [0.25, 0.3) is 5.56 Å². The highest BCUT2D eigenvalue weighted by atomic mass is 32.1. The van der Waals surface area contributed by atoms with Crippen LogP contribution in [0.3, 0.4) is 0 Å².